The molecule has 0 fully saturated rings. The summed E-state index contributed by atoms with van der Waals surface area (Å²) >= 11 is 0. The van der Waals surface area contributed by atoms with Crippen LogP contribution >= 0.6 is 0 Å². The summed E-state index contributed by atoms with van der Waals surface area (Å²) in [6, 6.07) is 25.0. The Balaban J connectivity index is 1.58. The van der Waals surface area contributed by atoms with Gasteiger partial charge in [0.1, 0.15) is 30.9 Å². The van der Waals surface area contributed by atoms with E-state index in [0.29, 0.717) is 0 Å². The number of rotatable bonds is 17. The molecule has 0 saturated heterocycles. The van der Waals surface area contributed by atoms with Crippen molar-refractivity contribution in [2.75, 3.05) is 13.2 Å². The van der Waals surface area contributed by atoms with Crippen LogP contribution in [0.2, 0.25) is 0 Å². The maximum Gasteiger partial charge on any atom is 0.408 e. The Kier molecular flexibility index (Phi) is 15.1. The van der Waals surface area contributed by atoms with Crippen molar-refractivity contribution in [1.82, 2.24) is 16.0 Å². The van der Waals surface area contributed by atoms with Crippen LogP contribution in [-0.2, 0) is 57.9 Å². The highest BCUT2D eigenvalue weighted by molar-refractivity contribution is 5.91. The van der Waals surface area contributed by atoms with Gasteiger partial charge in [-0.2, -0.15) is 0 Å². The molecule has 0 spiro atoms. The first kappa shape index (κ1) is 37.2. The first-order chi connectivity index (χ1) is 23.0. The number of esters is 2. The summed E-state index contributed by atoms with van der Waals surface area (Å²) in [7, 11) is 0. The summed E-state index contributed by atoms with van der Waals surface area (Å²) in [4.78, 5) is 63.9. The van der Waals surface area contributed by atoms with Gasteiger partial charge in [-0.3, -0.25) is 14.4 Å². The molecule has 0 unspecified atom stereocenters. The van der Waals surface area contributed by atoms with Crippen LogP contribution in [0.5, 0.6) is 0 Å². The predicted molar refractivity (Wildman–Crippen MR) is 176 cm³/mol. The minimum Gasteiger partial charge on any atom is -0.461 e. The highest BCUT2D eigenvalue weighted by Crippen LogP contribution is 2.09. The molecule has 2 atom stereocenters. The molecule has 0 aliphatic carbocycles. The molecule has 48 heavy (non-hydrogen) atoms. The van der Waals surface area contributed by atoms with E-state index in [4.69, 9.17) is 18.9 Å². The van der Waals surface area contributed by atoms with Gasteiger partial charge in [-0.1, -0.05) is 91.0 Å². The first-order valence-electron chi connectivity index (χ1n) is 15.6. The Morgan fingerprint density at radius 3 is 1.73 bits per heavy atom. The van der Waals surface area contributed by atoms with Gasteiger partial charge in [0.05, 0.1) is 19.8 Å². The zero-order valence-electron chi connectivity index (χ0n) is 27.4. The normalized spacial score (nSPS) is 12.1. The van der Waals surface area contributed by atoms with Crippen LogP contribution in [0.25, 0.3) is 0 Å². The second-order valence-electron chi connectivity index (χ2n) is 11.8. The van der Waals surface area contributed by atoms with E-state index >= 15 is 0 Å². The number of carbonyl (C=O) groups is 5. The van der Waals surface area contributed by atoms with E-state index in [9.17, 15) is 24.0 Å². The minimum absolute atomic E-state index is 0.0395. The standard InChI is InChI=1S/C36H43N3O9/c1-36(2,3)48-35(44)39-30(25-45-22-26-13-7-4-8-14-26)33(42)37-21-31(40)38-29(34(43)47-24-28-17-11-6-12-18-28)19-20-32(41)46-23-27-15-9-5-10-16-27/h4-18,29-30H,19-25H2,1-3H3,(H,37,42)(H,38,40)(H,39,44)/t29-,30+/m1/s1. The van der Waals surface area contributed by atoms with Gasteiger partial charge in [0, 0.05) is 6.42 Å². The fourth-order valence-electron chi connectivity index (χ4n) is 4.19. The summed E-state index contributed by atoms with van der Waals surface area (Å²) in [5, 5.41) is 7.47. The van der Waals surface area contributed by atoms with E-state index in [1.807, 2.05) is 66.7 Å². The van der Waals surface area contributed by atoms with Crippen LogP contribution in [0.15, 0.2) is 91.0 Å². The Labute approximate surface area is 280 Å². The number of hydrogen-bond acceptors (Lipinski definition) is 9. The van der Waals surface area contributed by atoms with E-state index in [1.165, 1.54) is 0 Å². The molecule has 0 aliphatic rings. The monoisotopic (exact) mass is 661 g/mol. The number of amides is 3. The van der Waals surface area contributed by atoms with Gasteiger partial charge in [0.25, 0.3) is 0 Å². The van der Waals surface area contributed by atoms with Crippen LogP contribution in [0, 0.1) is 0 Å². The lowest BCUT2D eigenvalue weighted by Gasteiger charge is -2.23. The van der Waals surface area contributed by atoms with Crippen LogP contribution in [-0.4, -0.2) is 60.7 Å². The number of carbonyl (C=O) groups excluding carboxylic acids is 5. The summed E-state index contributed by atoms with van der Waals surface area (Å²) < 4.78 is 21.7. The van der Waals surface area contributed by atoms with Gasteiger partial charge in [-0.05, 0) is 43.9 Å². The average molecular weight is 662 g/mol. The lowest BCUT2D eigenvalue weighted by Crippen LogP contribution is -2.53. The zero-order chi connectivity index (χ0) is 34.8. The van der Waals surface area contributed by atoms with Gasteiger partial charge in [0.15, 0.2) is 0 Å². The summed E-state index contributed by atoms with van der Waals surface area (Å²) in [6.07, 6.45) is -1.11. The molecule has 12 heteroatoms. The molecule has 3 aromatic carbocycles. The SMILES string of the molecule is CC(C)(C)OC(=O)N[C@@H](COCc1ccccc1)C(=O)NCC(=O)N[C@H](CCC(=O)OCc1ccccc1)C(=O)OCc1ccccc1. The molecular formula is C36H43N3O9. The smallest absolute Gasteiger partial charge is 0.408 e. The summed E-state index contributed by atoms with van der Waals surface area (Å²) in [5.41, 5.74) is 1.60. The second kappa shape index (κ2) is 19.4. The number of nitrogens with one attached hydrogen (secondary N) is 3. The van der Waals surface area contributed by atoms with Crippen molar-refractivity contribution in [1.29, 1.82) is 0 Å². The molecule has 0 radical (unpaired) electrons. The molecule has 0 aliphatic heterocycles. The van der Waals surface area contributed by atoms with Crippen molar-refractivity contribution in [2.45, 2.75) is 71.1 Å². The minimum atomic E-state index is -1.20. The molecule has 3 amide bonds. The average Bonchev–Trinajstić information content (AvgIpc) is 3.07. The second-order valence-corrected chi connectivity index (χ2v) is 11.8. The number of alkyl carbamates (subject to hydrolysis) is 1. The van der Waals surface area contributed by atoms with E-state index in [1.54, 1.807) is 45.0 Å². The fraction of sp³-hybridized carbons (Fsp3) is 0.361. The van der Waals surface area contributed by atoms with Gasteiger partial charge < -0.3 is 34.9 Å². The molecule has 12 nitrogen and oxygen atoms in total. The molecule has 256 valence electrons. The van der Waals surface area contributed by atoms with Crippen molar-refractivity contribution in [3.63, 3.8) is 0 Å². The Morgan fingerprint density at radius 2 is 1.19 bits per heavy atom. The van der Waals surface area contributed by atoms with E-state index in [0.717, 1.165) is 16.7 Å². The lowest BCUT2D eigenvalue weighted by atomic mass is 10.1. The third kappa shape index (κ3) is 14.9. The number of benzene rings is 3. The van der Waals surface area contributed by atoms with Crippen molar-refractivity contribution in [2.24, 2.45) is 0 Å². The van der Waals surface area contributed by atoms with Gasteiger partial charge in [-0.25, -0.2) is 9.59 Å². The Bertz CT molecular complexity index is 1460. The van der Waals surface area contributed by atoms with Crippen molar-refractivity contribution in [3.8, 4) is 0 Å². The molecule has 3 aromatic rings. The quantitative estimate of drug-likeness (QED) is 0.144. The maximum atomic E-state index is 13.1. The van der Waals surface area contributed by atoms with Crippen LogP contribution < -0.4 is 16.0 Å². The third-order valence-corrected chi connectivity index (χ3v) is 6.55. The van der Waals surface area contributed by atoms with Crippen LogP contribution in [0.4, 0.5) is 4.79 Å². The van der Waals surface area contributed by atoms with Gasteiger partial charge in [0.2, 0.25) is 11.8 Å². The molecule has 0 aromatic heterocycles. The summed E-state index contributed by atoms with van der Waals surface area (Å²) in [5.74, 6) is -2.75. The van der Waals surface area contributed by atoms with E-state index in [-0.39, 0.29) is 39.3 Å². The number of ether oxygens (including phenoxy) is 4. The fourth-order valence-corrected chi connectivity index (χ4v) is 4.19. The van der Waals surface area contributed by atoms with Crippen molar-refractivity contribution < 1.29 is 42.9 Å². The maximum absolute atomic E-state index is 13.1. The molecule has 0 saturated carbocycles. The molecule has 0 heterocycles. The summed E-state index contributed by atoms with van der Waals surface area (Å²) in [6.45, 7) is 4.51. The Hall–Kier alpha value is -5.23. The first-order valence-corrected chi connectivity index (χ1v) is 15.6. The molecule has 3 rings (SSSR count). The van der Waals surface area contributed by atoms with Gasteiger partial charge in [-0.15, -0.1) is 0 Å². The molecule has 3 N–H and O–H groups in total. The predicted octanol–water partition coefficient (Wildman–Crippen LogP) is 3.96. The largest absolute Gasteiger partial charge is 0.461 e. The molecule has 0 bridgehead atoms. The van der Waals surface area contributed by atoms with Crippen LogP contribution in [0.3, 0.4) is 0 Å². The third-order valence-electron chi connectivity index (χ3n) is 6.55. The van der Waals surface area contributed by atoms with Gasteiger partial charge >= 0.3 is 18.0 Å². The Morgan fingerprint density at radius 1 is 0.667 bits per heavy atom. The zero-order valence-corrected chi connectivity index (χ0v) is 27.4. The van der Waals surface area contributed by atoms with Crippen molar-refractivity contribution >= 4 is 29.8 Å². The van der Waals surface area contributed by atoms with E-state index in [2.05, 4.69) is 16.0 Å². The highest BCUT2D eigenvalue weighted by Gasteiger charge is 2.27. The molecular weight excluding hydrogens is 618 g/mol. The van der Waals surface area contributed by atoms with Crippen molar-refractivity contribution in [3.05, 3.63) is 108 Å². The highest BCUT2D eigenvalue weighted by atomic mass is 16.6. The topological polar surface area (TPSA) is 158 Å². The van der Waals surface area contributed by atoms with E-state index < -0.39 is 54.1 Å². The van der Waals surface area contributed by atoms with Crippen LogP contribution in [0.1, 0.15) is 50.3 Å². The lowest BCUT2D eigenvalue weighted by molar-refractivity contribution is -0.150. The number of hydrogen-bond donors (Lipinski definition) is 3.